The number of hydrogen-bond donors (Lipinski definition) is 2. The number of nitrogen functional groups attached to an aromatic ring is 1. The highest BCUT2D eigenvalue weighted by molar-refractivity contribution is 5.47. The summed E-state index contributed by atoms with van der Waals surface area (Å²) in [6.45, 7) is 4.06. The number of terminal acetylenes is 1. The van der Waals surface area contributed by atoms with Crippen molar-refractivity contribution in [3.8, 4) is 12.3 Å². The summed E-state index contributed by atoms with van der Waals surface area (Å²) in [6, 6.07) is 6.51. The summed E-state index contributed by atoms with van der Waals surface area (Å²) < 4.78 is 0. The molecular formula is C14H18N2. The van der Waals surface area contributed by atoms with Gasteiger partial charge < -0.3 is 5.73 Å². The Morgan fingerprint density at radius 3 is 2.94 bits per heavy atom. The number of rotatable bonds is 2. The van der Waals surface area contributed by atoms with Crippen LogP contribution in [0.1, 0.15) is 37.4 Å². The van der Waals surface area contributed by atoms with Crippen LogP contribution in [0.5, 0.6) is 0 Å². The molecule has 2 nitrogen and oxygen atoms in total. The quantitative estimate of drug-likeness (QED) is 0.585. The molecule has 0 spiro atoms. The molecule has 0 saturated heterocycles. The van der Waals surface area contributed by atoms with E-state index in [4.69, 9.17) is 12.2 Å². The summed E-state index contributed by atoms with van der Waals surface area (Å²) in [6.07, 6.45) is 7.68. The van der Waals surface area contributed by atoms with Gasteiger partial charge in [0.15, 0.2) is 0 Å². The highest BCUT2D eigenvalue weighted by Gasteiger charge is 2.26. The maximum Gasteiger partial charge on any atom is 0.0746 e. The highest BCUT2D eigenvalue weighted by Crippen LogP contribution is 2.33. The topological polar surface area (TPSA) is 38.0 Å². The van der Waals surface area contributed by atoms with Crippen LogP contribution in [0.3, 0.4) is 0 Å². The highest BCUT2D eigenvalue weighted by atomic mass is 15.0. The number of benzene rings is 1. The van der Waals surface area contributed by atoms with Crippen molar-refractivity contribution < 1.29 is 0 Å². The molecule has 0 fully saturated rings. The van der Waals surface area contributed by atoms with Gasteiger partial charge in [-0.3, -0.25) is 5.32 Å². The third-order valence-electron chi connectivity index (χ3n) is 3.14. The van der Waals surface area contributed by atoms with Crippen LogP contribution in [0.2, 0.25) is 0 Å². The van der Waals surface area contributed by atoms with Gasteiger partial charge in [-0.15, -0.1) is 6.42 Å². The summed E-state index contributed by atoms with van der Waals surface area (Å²) in [5.74, 6) is 2.77. The molecule has 1 atom stereocenters. The molecule has 1 unspecified atom stereocenters. The molecule has 2 heteroatoms. The van der Waals surface area contributed by atoms with Crippen LogP contribution in [-0.2, 0) is 6.42 Å². The zero-order valence-corrected chi connectivity index (χ0v) is 9.88. The van der Waals surface area contributed by atoms with E-state index in [1.807, 2.05) is 19.9 Å². The Kier molecular flexibility index (Phi) is 2.65. The van der Waals surface area contributed by atoms with E-state index >= 15 is 0 Å². The first-order chi connectivity index (χ1) is 7.52. The first-order valence-corrected chi connectivity index (χ1v) is 5.65. The third kappa shape index (κ3) is 2.05. The second-order valence-electron chi connectivity index (χ2n) is 4.96. The van der Waals surface area contributed by atoms with Crippen molar-refractivity contribution in [2.45, 2.75) is 38.3 Å². The van der Waals surface area contributed by atoms with Gasteiger partial charge in [-0.2, -0.15) is 0 Å². The summed E-state index contributed by atoms with van der Waals surface area (Å²) in [5.41, 5.74) is 9.06. The second-order valence-corrected chi connectivity index (χ2v) is 4.96. The van der Waals surface area contributed by atoms with Gasteiger partial charge in [-0.25, -0.2) is 0 Å². The minimum absolute atomic E-state index is 0.256. The number of hydrogen-bond acceptors (Lipinski definition) is 2. The molecule has 0 heterocycles. The third-order valence-corrected chi connectivity index (χ3v) is 3.14. The average molecular weight is 214 g/mol. The lowest BCUT2D eigenvalue weighted by Crippen LogP contribution is -2.39. The Bertz CT molecular complexity index is 441. The Labute approximate surface area is 97.2 Å². The second kappa shape index (κ2) is 3.84. The van der Waals surface area contributed by atoms with Crippen LogP contribution in [0.4, 0.5) is 5.69 Å². The predicted molar refractivity (Wildman–Crippen MR) is 68.0 cm³/mol. The number of nitrogens with two attached hydrogens (primary N) is 1. The van der Waals surface area contributed by atoms with Crippen LogP contribution in [0.25, 0.3) is 0 Å². The molecule has 0 aromatic heterocycles. The monoisotopic (exact) mass is 214 g/mol. The van der Waals surface area contributed by atoms with Gasteiger partial charge in [0.1, 0.15) is 0 Å². The molecule has 3 N–H and O–H groups in total. The van der Waals surface area contributed by atoms with E-state index in [1.54, 1.807) is 0 Å². The summed E-state index contributed by atoms with van der Waals surface area (Å²) in [7, 11) is 0. The SMILES string of the molecule is C#CC(C)(C)NC1CCc2cc(N)ccc21. The lowest BCUT2D eigenvalue weighted by Gasteiger charge is -2.25. The van der Waals surface area contributed by atoms with Crippen LogP contribution in [-0.4, -0.2) is 5.54 Å². The molecule has 1 aromatic carbocycles. The van der Waals surface area contributed by atoms with E-state index in [-0.39, 0.29) is 5.54 Å². The van der Waals surface area contributed by atoms with E-state index in [0.29, 0.717) is 6.04 Å². The van der Waals surface area contributed by atoms with Gasteiger partial charge in [0.2, 0.25) is 0 Å². The maximum atomic E-state index is 5.78. The number of nitrogens with one attached hydrogen (secondary N) is 1. The van der Waals surface area contributed by atoms with Crippen molar-refractivity contribution in [3.63, 3.8) is 0 Å². The van der Waals surface area contributed by atoms with Gasteiger partial charge in [0.25, 0.3) is 0 Å². The normalized spacial score (nSPS) is 19.2. The standard InChI is InChI=1S/C14H18N2/c1-4-14(2,3)16-13-8-5-10-9-11(15)6-7-12(10)13/h1,6-7,9,13,16H,5,8,15H2,2-3H3. The molecule has 0 amide bonds. The fourth-order valence-corrected chi connectivity index (χ4v) is 2.26. The molecule has 0 radical (unpaired) electrons. The molecule has 0 aliphatic heterocycles. The van der Waals surface area contributed by atoms with Crippen molar-refractivity contribution in [1.82, 2.24) is 5.32 Å². The van der Waals surface area contributed by atoms with Gasteiger partial charge in [0.05, 0.1) is 5.54 Å². The first kappa shape index (κ1) is 11.0. The number of fused-ring (bicyclic) bond motifs is 1. The summed E-state index contributed by atoms with van der Waals surface area (Å²) in [5, 5.41) is 3.50. The van der Waals surface area contributed by atoms with Crippen molar-refractivity contribution >= 4 is 5.69 Å². The molecule has 0 saturated carbocycles. The van der Waals surface area contributed by atoms with Crippen molar-refractivity contribution in [2.75, 3.05) is 5.73 Å². The lowest BCUT2D eigenvalue weighted by molar-refractivity contribution is 0.410. The number of anilines is 1. The minimum atomic E-state index is -0.256. The Morgan fingerprint density at radius 1 is 1.50 bits per heavy atom. The van der Waals surface area contributed by atoms with Gasteiger partial charge >= 0.3 is 0 Å². The lowest BCUT2D eigenvalue weighted by atomic mass is 10.0. The zero-order valence-electron chi connectivity index (χ0n) is 9.88. The summed E-state index contributed by atoms with van der Waals surface area (Å²) in [4.78, 5) is 0. The molecule has 1 aliphatic carbocycles. The Balaban J connectivity index is 2.22. The largest absolute Gasteiger partial charge is 0.399 e. The predicted octanol–water partition coefficient (Wildman–Crippen LogP) is 2.26. The Morgan fingerprint density at radius 2 is 2.25 bits per heavy atom. The van der Waals surface area contributed by atoms with E-state index in [0.717, 1.165) is 18.5 Å². The van der Waals surface area contributed by atoms with Crippen LogP contribution >= 0.6 is 0 Å². The number of aryl methyl sites for hydroxylation is 1. The average Bonchev–Trinajstić information content (AvgIpc) is 2.60. The molecule has 1 aliphatic rings. The van der Waals surface area contributed by atoms with E-state index in [1.165, 1.54) is 11.1 Å². The molecule has 2 rings (SSSR count). The fraction of sp³-hybridized carbons (Fsp3) is 0.429. The van der Waals surface area contributed by atoms with E-state index in [2.05, 4.69) is 23.4 Å². The minimum Gasteiger partial charge on any atom is -0.399 e. The first-order valence-electron chi connectivity index (χ1n) is 5.65. The smallest absolute Gasteiger partial charge is 0.0746 e. The molecular weight excluding hydrogens is 196 g/mol. The molecule has 84 valence electrons. The van der Waals surface area contributed by atoms with E-state index < -0.39 is 0 Å². The van der Waals surface area contributed by atoms with Crippen LogP contribution < -0.4 is 11.1 Å². The summed E-state index contributed by atoms with van der Waals surface area (Å²) >= 11 is 0. The van der Waals surface area contributed by atoms with Gasteiger partial charge in [0, 0.05) is 11.7 Å². The van der Waals surface area contributed by atoms with Gasteiger partial charge in [-0.05, 0) is 49.9 Å². The molecule has 16 heavy (non-hydrogen) atoms. The van der Waals surface area contributed by atoms with Crippen molar-refractivity contribution in [1.29, 1.82) is 0 Å². The zero-order chi connectivity index (χ0) is 11.8. The van der Waals surface area contributed by atoms with Gasteiger partial charge in [-0.1, -0.05) is 12.0 Å². The van der Waals surface area contributed by atoms with Crippen LogP contribution in [0.15, 0.2) is 18.2 Å². The molecule has 1 aromatic rings. The van der Waals surface area contributed by atoms with E-state index in [9.17, 15) is 0 Å². The molecule has 0 bridgehead atoms. The van der Waals surface area contributed by atoms with Crippen LogP contribution in [0, 0.1) is 12.3 Å². The Hall–Kier alpha value is -1.46. The van der Waals surface area contributed by atoms with Crippen molar-refractivity contribution in [3.05, 3.63) is 29.3 Å². The van der Waals surface area contributed by atoms with Crippen molar-refractivity contribution in [2.24, 2.45) is 0 Å². The maximum absolute atomic E-state index is 5.78. The fourth-order valence-electron chi connectivity index (χ4n) is 2.26.